The summed E-state index contributed by atoms with van der Waals surface area (Å²) >= 11 is 0. The van der Waals surface area contributed by atoms with Crippen molar-refractivity contribution in [2.45, 2.75) is 13.3 Å². The molecular weight excluding hydrogens is 316 g/mol. The van der Waals surface area contributed by atoms with Gasteiger partial charge in [-0.1, -0.05) is 30.2 Å². The molecule has 0 aromatic heterocycles. The van der Waals surface area contributed by atoms with Crippen LogP contribution < -0.4 is 20.1 Å². The second kappa shape index (κ2) is 9.89. The molecule has 130 valence electrons. The van der Waals surface area contributed by atoms with E-state index in [2.05, 4.69) is 16.6 Å². The van der Waals surface area contributed by atoms with Gasteiger partial charge in [-0.2, -0.15) is 0 Å². The summed E-state index contributed by atoms with van der Waals surface area (Å²) in [6.07, 6.45) is 5.87. The Bertz CT molecular complexity index is 720. The van der Waals surface area contributed by atoms with Gasteiger partial charge in [-0.05, 0) is 43.2 Å². The highest BCUT2D eigenvalue weighted by Crippen LogP contribution is 2.23. The van der Waals surface area contributed by atoms with E-state index in [1.54, 1.807) is 6.07 Å². The standard InChI is InChI=1S/C20H22N2O3/c1-3-15-25-17-11-9-16(10-12-17)13-14-21-20(23)22-18-7-5-6-8-19(18)24-4-2/h1,5-12H,4,13-15H2,2H3,(H2,21,22,23). The summed E-state index contributed by atoms with van der Waals surface area (Å²) in [5.41, 5.74) is 1.75. The molecule has 0 heterocycles. The lowest BCUT2D eigenvalue weighted by Crippen LogP contribution is -2.30. The van der Waals surface area contributed by atoms with E-state index >= 15 is 0 Å². The number of terminal acetylenes is 1. The molecule has 2 rings (SSSR count). The zero-order chi connectivity index (χ0) is 17.9. The number of carbonyl (C=O) groups is 1. The molecule has 0 unspecified atom stereocenters. The molecule has 0 fully saturated rings. The average molecular weight is 338 g/mol. The molecule has 0 saturated heterocycles. The molecule has 0 spiro atoms. The summed E-state index contributed by atoms with van der Waals surface area (Å²) in [6.45, 7) is 3.22. The van der Waals surface area contributed by atoms with Gasteiger partial charge in [-0.15, -0.1) is 6.42 Å². The third-order valence-electron chi connectivity index (χ3n) is 3.38. The van der Waals surface area contributed by atoms with E-state index in [-0.39, 0.29) is 12.6 Å². The zero-order valence-corrected chi connectivity index (χ0v) is 14.2. The minimum atomic E-state index is -0.263. The van der Waals surface area contributed by atoms with E-state index in [9.17, 15) is 4.79 Å². The molecule has 5 heteroatoms. The van der Waals surface area contributed by atoms with Crippen LogP contribution in [0.2, 0.25) is 0 Å². The molecule has 2 amide bonds. The van der Waals surface area contributed by atoms with Crippen molar-refractivity contribution in [1.29, 1.82) is 0 Å². The van der Waals surface area contributed by atoms with Gasteiger partial charge in [0.1, 0.15) is 18.1 Å². The largest absolute Gasteiger partial charge is 0.492 e. The molecule has 5 nitrogen and oxygen atoms in total. The summed E-state index contributed by atoms with van der Waals surface area (Å²) in [5.74, 6) is 3.82. The summed E-state index contributed by atoms with van der Waals surface area (Å²) in [4.78, 5) is 12.0. The SMILES string of the molecule is C#CCOc1ccc(CCNC(=O)Nc2ccccc2OCC)cc1. The summed E-state index contributed by atoms with van der Waals surface area (Å²) in [5, 5.41) is 5.63. The third kappa shape index (κ3) is 6.11. The summed E-state index contributed by atoms with van der Waals surface area (Å²) in [7, 11) is 0. The highest BCUT2D eigenvalue weighted by Gasteiger charge is 2.06. The smallest absolute Gasteiger partial charge is 0.319 e. The fourth-order valence-electron chi connectivity index (χ4n) is 2.22. The van der Waals surface area contributed by atoms with Crippen molar-refractivity contribution in [3.8, 4) is 23.8 Å². The molecule has 2 N–H and O–H groups in total. The van der Waals surface area contributed by atoms with Crippen LogP contribution in [0.15, 0.2) is 48.5 Å². The molecule has 0 bridgehead atoms. The number of amides is 2. The first-order valence-corrected chi connectivity index (χ1v) is 8.14. The lowest BCUT2D eigenvalue weighted by molar-refractivity contribution is 0.252. The van der Waals surface area contributed by atoms with Crippen molar-refractivity contribution in [3.63, 3.8) is 0 Å². The van der Waals surface area contributed by atoms with Gasteiger partial charge >= 0.3 is 6.03 Å². The molecule has 0 aliphatic heterocycles. The Morgan fingerprint density at radius 3 is 2.60 bits per heavy atom. The van der Waals surface area contributed by atoms with Gasteiger partial charge in [0, 0.05) is 6.54 Å². The molecule has 0 saturated carbocycles. The number of rotatable bonds is 8. The Labute approximate surface area is 148 Å². The maximum atomic E-state index is 12.0. The Morgan fingerprint density at radius 2 is 1.88 bits per heavy atom. The Hall–Kier alpha value is -3.13. The van der Waals surface area contributed by atoms with Gasteiger partial charge in [0.2, 0.25) is 0 Å². The number of carbonyl (C=O) groups excluding carboxylic acids is 1. The minimum Gasteiger partial charge on any atom is -0.492 e. The zero-order valence-electron chi connectivity index (χ0n) is 14.2. The van der Waals surface area contributed by atoms with E-state index < -0.39 is 0 Å². The van der Waals surface area contributed by atoms with E-state index in [4.69, 9.17) is 15.9 Å². The second-order valence-electron chi connectivity index (χ2n) is 5.20. The van der Waals surface area contributed by atoms with Crippen molar-refractivity contribution in [2.75, 3.05) is 25.1 Å². The van der Waals surface area contributed by atoms with Gasteiger partial charge < -0.3 is 20.1 Å². The first-order valence-electron chi connectivity index (χ1n) is 8.14. The fraction of sp³-hybridized carbons (Fsp3) is 0.250. The number of ether oxygens (including phenoxy) is 2. The maximum absolute atomic E-state index is 12.0. The number of para-hydroxylation sites is 2. The summed E-state index contributed by atoms with van der Waals surface area (Å²) < 4.78 is 10.8. The van der Waals surface area contributed by atoms with Gasteiger partial charge in [-0.3, -0.25) is 0 Å². The number of hydrogen-bond donors (Lipinski definition) is 2. The van der Waals surface area contributed by atoms with E-state index in [1.165, 1.54) is 0 Å². The average Bonchev–Trinajstić information content (AvgIpc) is 2.63. The van der Waals surface area contributed by atoms with Crippen molar-refractivity contribution < 1.29 is 14.3 Å². The Kier molecular flexibility index (Phi) is 7.20. The molecule has 2 aromatic rings. The van der Waals surface area contributed by atoms with Crippen molar-refractivity contribution in [1.82, 2.24) is 5.32 Å². The topological polar surface area (TPSA) is 59.6 Å². The second-order valence-corrected chi connectivity index (χ2v) is 5.20. The van der Waals surface area contributed by atoms with Crippen LogP contribution in [0.25, 0.3) is 0 Å². The number of hydrogen-bond acceptors (Lipinski definition) is 3. The van der Waals surface area contributed by atoms with Crippen LogP contribution in [-0.4, -0.2) is 25.8 Å². The molecule has 0 atom stereocenters. The van der Waals surface area contributed by atoms with Gasteiger partial charge in [0.05, 0.1) is 12.3 Å². The van der Waals surface area contributed by atoms with Crippen LogP contribution >= 0.6 is 0 Å². The van der Waals surface area contributed by atoms with Crippen LogP contribution in [0, 0.1) is 12.3 Å². The minimum absolute atomic E-state index is 0.254. The number of benzene rings is 2. The molecule has 0 radical (unpaired) electrons. The Balaban J connectivity index is 1.78. The van der Waals surface area contributed by atoms with Crippen molar-refractivity contribution in [2.24, 2.45) is 0 Å². The van der Waals surface area contributed by atoms with Crippen LogP contribution in [0.1, 0.15) is 12.5 Å². The first-order chi connectivity index (χ1) is 12.2. The predicted molar refractivity (Wildman–Crippen MR) is 99.1 cm³/mol. The lowest BCUT2D eigenvalue weighted by atomic mass is 10.1. The van der Waals surface area contributed by atoms with Crippen LogP contribution in [0.5, 0.6) is 11.5 Å². The van der Waals surface area contributed by atoms with Crippen molar-refractivity contribution >= 4 is 11.7 Å². The van der Waals surface area contributed by atoms with E-state index in [0.29, 0.717) is 24.6 Å². The van der Waals surface area contributed by atoms with Crippen LogP contribution in [0.3, 0.4) is 0 Å². The molecular formula is C20H22N2O3. The third-order valence-corrected chi connectivity index (χ3v) is 3.38. The van der Waals surface area contributed by atoms with Crippen molar-refractivity contribution in [3.05, 3.63) is 54.1 Å². The number of nitrogens with one attached hydrogen (secondary N) is 2. The van der Waals surface area contributed by atoms with Gasteiger partial charge in [0.25, 0.3) is 0 Å². The predicted octanol–water partition coefficient (Wildman–Crippen LogP) is 3.46. The van der Waals surface area contributed by atoms with Gasteiger partial charge in [0.15, 0.2) is 0 Å². The Morgan fingerprint density at radius 1 is 1.12 bits per heavy atom. The van der Waals surface area contributed by atoms with Crippen LogP contribution in [-0.2, 0) is 6.42 Å². The molecule has 0 aliphatic rings. The molecule has 0 aliphatic carbocycles. The highest BCUT2D eigenvalue weighted by molar-refractivity contribution is 5.90. The van der Waals surface area contributed by atoms with Crippen LogP contribution in [0.4, 0.5) is 10.5 Å². The van der Waals surface area contributed by atoms with Gasteiger partial charge in [-0.25, -0.2) is 4.79 Å². The fourth-order valence-corrected chi connectivity index (χ4v) is 2.22. The normalized spacial score (nSPS) is 9.76. The quantitative estimate of drug-likeness (QED) is 0.725. The summed E-state index contributed by atoms with van der Waals surface area (Å²) in [6, 6.07) is 14.7. The molecule has 25 heavy (non-hydrogen) atoms. The lowest BCUT2D eigenvalue weighted by Gasteiger charge is -2.12. The molecule has 2 aromatic carbocycles. The number of anilines is 1. The maximum Gasteiger partial charge on any atom is 0.319 e. The monoisotopic (exact) mass is 338 g/mol. The van der Waals surface area contributed by atoms with E-state index in [1.807, 2.05) is 49.4 Å². The highest BCUT2D eigenvalue weighted by atomic mass is 16.5. The number of urea groups is 1. The van der Waals surface area contributed by atoms with E-state index in [0.717, 1.165) is 17.7 Å². The first kappa shape index (κ1) is 18.2.